The maximum Gasteiger partial charge on any atom is -0.0326 e. The van der Waals surface area contributed by atoms with Gasteiger partial charge in [0, 0.05) is 0 Å². The highest BCUT2D eigenvalue weighted by Crippen LogP contribution is 2.38. The Morgan fingerprint density at radius 1 is 0.824 bits per heavy atom. The molecule has 0 saturated carbocycles. The molecule has 0 aromatic heterocycles. The standard InChI is InChI=1S/C15H31P.ClH/c1-4-7-10-11-12-15-16(13-8-5-2)14-9-6-3;/h4H,1,5-15H2,2-3H3;1H. The Hall–Kier alpha value is 0.460. The average molecular weight is 279 g/mol. The van der Waals surface area contributed by atoms with Crippen molar-refractivity contribution in [2.24, 2.45) is 0 Å². The van der Waals surface area contributed by atoms with E-state index < -0.39 is 0 Å². The molecule has 17 heavy (non-hydrogen) atoms. The fourth-order valence-corrected chi connectivity index (χ4v) is 4.77. The second kappa shape index (κ2) is 16.5. The van der Waals surface area contributed by atoms with Crippen LogP contribution < -0.4 is 0 Å². The largest absolute Gasteiger partial charge is 0.147 e. The first-order valence-corrected chi connectivity index (χ1v) is 9.08. The van der Waals surface area contributed by atoms with Crippen LogP contribution in [-0.4, -0.2) is 18.5 Å². The van der Waals surface area contributed by atoms with Gasteiger partial charge < -0.3 is 0 Å². The smallest absolute Gasteiger partial charge is 0.0326 e. The quantitative estimate of drug-likeness (QED) is 0.225. The molecule has 0 amide bonds. The zero-order valence-electron chi connectivity index (χ0n) is 11.9. The third-order valence-electron chi connectivity index (χ3n) is 3.04. The van der Waals surface area contributed by atoms with E-state index in [0.29, 0.717) is 7.92 Å². The minimum absolute atomic E-state index is 0. The van der Waals surface area contributed by atoms with E-state index in [2.05, 4.69) is 26.5 Å². The normalized spacial score (nSPS) is 10.3. The van der Waals surface area contributed by atoms with Gasteiger partial charge in [-0.25, -0.2) is 0 Å². The van der Waals surface area contributed by atoms with Gasteiger partial charge in [-0.1, -0.05) is 39.2 Å². The van der Waals surface area contributed by atoms with Gasteiger partial charge in [-0.15, -0.1) is 26.9 Å². The van der Waals surface area contributed by atoms with Crippen LogP contribution >= 0.6 is 20.3 Å². The highest BCUT2D eigenvalue weighted by atomic mass is 35.5. The van der Waals surface area contributed by atoms with E-state index in [1.54, 1.807) is 0 Å². The van der Waals surface area contributed by atoms with E-state index in [1.165, 1.54) is 69.9 Å². The second-order valence-corrected chi connectivity index (χ2v) is 7.37. The summed E-state index contributed by atoms with van der Waals surface area (Å²) < 4.78 is 0. The number of hydrogen-bond donors (Lipinski definition) is 0. The molecule has 2 heteroatoms. The van der Waals surface area contributed by atoms with E-state index in [1.807, 2.05) is 0 Å². The van der Waals surface area contributed by atoms with Crippen molar-refractivity contribution in [2.45, 2.75) is 65.2 Å². The Morgan fingerprint density at radius 2 is 1.35 bits per heavy atom. The van der Waals surface area contributed by atoms with Gasteiger partial charge in [-0.05, 0) is 50.6 Å². The van der Waals surface area contributed by atoms with Gasteiger partial charge in [0.2, 0.25) is 0 Å². The molecule has 0 aliphatic carbocycles. The van der Waals surface area contributed by atoms with E-state index in [0.717, 1.165) is 0 Å². The van der Waals surface area contributed by atoms with Crippen molar-refractivity contribution in [1.29, 1.82) is 0 Å². The lowest BCUT2D eigenvalue weighted by Gasteiger charge is -2.17. The molecule has 0 unspecified atom stereocenters. The molecule has 0 fully saturated rings. The molecule has 0 aliphatic heterocycles. The van der Waals surface area contributed by atoms with Crippen LogP contribution in [0.5, 0.6) is 0 Å². The van der Waals surface area contributed by atoms with Crippen LogP contribution in [0.1, 0.15) is 65.2 Å². The zero-order valence-corrected chi connectivity index (χ0v) is 13.6. The predicted octanol–water partition coefficient (Wildman–Crippen LogP) is 6.24. The van der Waals surface area contributed by atoms with Gasteiger partial charge in [0.15, 0.2) is 0 Å². The summed E-state index contributed by atoms with van der Waals surface area (Å²) in [5.41, 5.74) is 0. The van der Waals surface area contributed by atoms with Crippen LogP contribution in [0.4, 0.5) is 0 Å². The maximum atomic E-state index is 3.78. The van der Waals surface area contributed by atoms with E-state index in [-0.39, 0.29) is 12.4 Å². The van der Waals surface area contributed by atoms with Crippen LogP contribution in [0, 0.1) is 0 Å². The summed E-state index contributed by atoms with van der Waals surface area (Å²) in [4.78, 5) is 0. The molecule has 0 nitrogen and oxygen atoms in total. The molecular formula is C15H32ClP. The summed E-state index contributed by atoms with van der Waals surface area (Å²) in [7, 11) is 0.381. The van der Waals surface area contributed by atoms with Crippen molar-refractivity contribution in [3.63, 3.8) is 0 Å². The topological polar surface area (TPSA) is 0 Å². The first-order chi connectivity index (χ1) is 7.85. The van der Waals surface area contributed by atoms with E-state index >= 15 is 0 Å². The summed E-state index contributed by atoms with van der Waals surface area (Å²) >= 11 is 0. The molecular weight excluding hydrogens is 247 g/mol. The SMILES string of the molecule is C=CCCCCCP(CCCC)CCCC.Cl. The molecule has 0 saturated heterocycles. The van der Waals surface area contributed by atoms with Crippen LogP contribution in [0.25, 0.3) is 0 Å². The van der Waals surface area contributed by atoms with Crippen LogP contribution in [0.2, 0.25) is 0 Å². The Labute approximate surface area is 117 Å². The van der Waals surface area contributed by atoms with Gasteiger partial charge in [-0.2, -0.15) is 0 Å². The third-order valence-corrected chi connectivity index (χ3v) is 5.88. The summed E-state index contributed by atoms with van der Waals surface area (Å²) in [6, 6.07) is 0. The molecule has 0 heterocycles. The minimum atomic E-state index is 0. The summed E-state index contributed by atoms with van der Waals surface area (Å²) in [6.07, 6.45) is 17.8. The predicted molar refractivity (Wildman–Crippen MR) is 87.3 cm³/mol. The monoisotopic (exact) mass is 278 g/mol. The summed E-state index contributed by atoms with van der Waals surface area (Å²) in [5.74, 6) is 0. The highest BCUT2D eigenvalue weighted by Gasteiger charge is 2.06. The fourth-order valence-electron chi connectivity index (χ4n) is 1.90. The number of rotatable bonds is 12. The van der Waals surface area contributed by atoms with Gasteiger partial charge in [0.25, 0.3) is 0 Å². The average Bonchev–Trinajstić information content (AvgIpc) is 2.31. The van der Waals surface area contributed by atoms with Gasteiger partial charge in [0.05, 0.1) is 0 Å². The Morgan fingerprint density at radius 3 is 1.82 bits per heavy atom. The summed E-state index contributed by atoms with van der Waals surface area (Å²) in [5, 5.41) is 0. The molecule has 0 aromatic carbocycles. The lowest BCUT2D eigenvalue weighted by atomic mass is 10.2. The number of allylic oxidation sites excluding steroid dienone is 1. The van der Waals surface area contributed by atoms with Crippen molar-refractivity contribution in [1.82, 2.24) is 0 Å². The van der Waals surface area contributed by atoms with Crippen LogP contribution in [-0.2, 0) is 0 Å². The first-order valence-electron chi connectivity index (χ1n) is 7.18. The minimum Gasteiger partial charge on any atom is -0.147 e. The molecule has 0 bridgehead atoms. The van der Waals surface area contributed by atoms with Crippen molar-refractivity contribution in [2.75, 3.05) is 18.5 Å². The number of halogens is 1. The second-order valence-electron chi connectivity index (χ2n) is 4.69. The Balaban J connectivity index is 0. The molecule has 0 N–H and O–H groups in total. The van der Waals surface area contributed by atoms with E-state index in [9.17, 15) is 0 Å². The van der Waals surface area contributed by atoms with Crippen molar-refractivity contribution in [3.8, 4) is 0 Å². The Kier molecular flexibility index (Phi) is 19.2. The third kappa shape index (κ3) is 14.4. The van der Waals surface area contributed by atoms with Gasteiger partial charge >= 0.3 is 0 Å². The van der Waals surface area contributed by atoms with Crippen LogP contribution in [0.15, 0.2) is 12.7 Å². The highest BCUT2D eigenvalue weighted by molar-refractivity contribution is 7.57. The number of hydrogen-bond acceptors (Lipinski definition) is 0. The molecule has 0 spiro atoms. The maximum absolute atomic E-state index is 3.78. The van der Waals surface area contributed by atoms with Gasteiger partial charge in [0.1, 0.15) is 0 Å². The molecule has 0 rings (SSSR count). The lowest BCUT2D eigenvalue weighted by Crippen LogP contribution is -1.96. The number of unbranched alkanes of at least 4 members (excludes halogenated alkanes) is 5. The van der Waals surface area contributed by atoms with Crippen molar-refractivity contribution >= 4 is 20.3 Å². The molecule has 104 valence electrons. The van der Waals surface area contributed by atoms with Crippen molar-refractivity contribution in [3.05, 3.63) is 12.7 Å². The Bertz CT molecular complexity index is 140. The molecule has 0 aliphatic rings. The lowest BCUT2D eigenvalue weighted by molar-refractivity contribution is 0.730. The van der Waals surface area contributed by atoms with Gasteiger partial charge in [-0.3, -0.25) is 0 Å². The zero-order chi connectivity index (χ0) is 12.1. The summed E-state index contributed by atoms with van der Waals surface area (Å²) in [6.45, 7) is 8.41. The van der Waals surface area contributed by atoms with Crippen molar-refractivity contribution < 1.29 is 0 Å². The first kappa shape index (κ1) is 19.8. The fraction of sp³-hybridized carbons (Fsp3) is 0.867. The van der Waals surface area contributed by atoms with Crippen LogP contribution in [0.3, 0.4) is 0 Å². The van der Waals surface area contributed by atoms with E-state index in [4.69, 9.17) is 0 Å². The molecule has 0 aromatic rings. The molecule has 0 radical (unpaired) electrons. The molecule has 0 atom stereocenters.